The van der Waals surface area contributed by atoms with Crippen LogP contribution in [-0.2, 0) is 11.3 Å². The third-order valence-electron chi connectivity index (χ3n) is 6.29. The molecule has 2 aromatic carbocycles. The second kappa shape index (κ2) is 9.34. The molecule has 33 heavy (non-hydrogen) atoms. The molecule has 8 heteroatoms. The third kappa shape index (κ3) is 4.59. The van der Waals surface area contributed by atoms with Crippen LogP contribution >= 0.6 is 23.2 Å². The summed E-state index contributed by atoms with van der Waals surface area (Å²) in [7, 11) is 0. The Balaban J connectivity index is 1.28. The third-order valence-corrected chi connectivity index (χ3v) is 6.92. The molecule has 1 saturated carbocycles. The highest BCUT2D eigenvalue weighted by Gasteiger charge is 2.34. The zero-order chi connectivity index (χ0) is 22.9. The molecule has 0 amide bonds. The highest BCUT2D eigenvalue weighted by molar-refractivity contribution is 6.39. The van der Waals surface area contributed by atoms with Crippen LogP contribution in [-0.4, -0.2) is 24.4 Å². The molecule has 1 saturated heterocycles. The minimum absolute atomic E-state index is 0.0409. The Morgan fingerprint density at radius 1 is 1.12 bits per heavy atom. The zero-order valence-electron chi connectivity index (χ0n) is 17.9. The van der Waals surface area contributed by atoms with Gasteiger partial charge in [-0.25, -0.2) is 4.39 Å². The largest absolute Gasteiger partial charge is 0.373 e. The van der Waals surface area contributed by atoms with Gasteiger partial charge in [-0.05, 0) is 56.0 Å². The number of ether oxygens (including phenoxy) is 1. The maximum Gasteiger partial charge on any atom is 0.147 e. The van der Waals surface area contributed by atoms with Crippen molar-refractivity contribution in [1.29, 1.82) is 5.26 Å². The summed E-state index contributed by atoms with van der Waals surface area (Å²) in [5, 5.41) is 14.3. The Morgan fingerprint density at radius 2 is 1.85 bits per heavy atom. The smallest absolute Gasteiger partial charge is 0.147 e. The molecule has 1 aliphatic heterocycles. The van der Waals surface area contributed by atoms with Crippen molar-refractivity contribution in [3.8, 4) is 17.3 Å². The molecule has 170 valence electrons. The van der Waals surface area contributed by atoms with Crippen LogP contribution < -0.4 is 4.90 Å². The molecular formula is C25H22Cl2FN3O2. The first-order chi connectivity index (χ1) is 16.0. The maximum absolute atomic E-state index is 14.4. The Bertz CT molecular complexity index is 1190. The molecule has 2 fully saturated rings. The number of aromatic nitrogens is 1. The average Bonchev–Trinajstić information content (AvgIpc) is 3.58. The minimum Gasteiger partial charge on any atom is -0.373 e. The quantitative estimate of drug-likeness (QED) is 0.387. The summed E-state index contributed by atoms with van der Waals surface area (Å²) >= 11 is 12.9. The standard InChI is InChI=1S/C25H22Cl2FN3O2/c26-19-2-1-3-20(27)23(19)24-18(25(33-30-24)16-5-6-16)14-32-17-8-10-31(11-9-17)22-7-4-15(13-29)12-21(22)28/h1-4,7,12,16-17H,5-6,8-11,14H2. The van der Waals surface area contributed by atoms with Crippen molar-refractivity contribution >= 4 is 28.9 Å². The Kier molecular flexibility index (Phi) is 6.29. The second-order valence-electron chi connectivity index (χ2n) is 8.52. The van der Waals surface area contributed by atoms with Crippen molar-refractivity contribution in [2.45, 2.75) is 44.3 Å². The van der Waals surface area contributed by atoms with Gasteiger partial charge in [-0.3, -0.25) is 0 Å². The fourth-order valence-electron chi connectivity index (χ4n) is 4.35. The van der Waals surface area contributed by atoms with Crippen molar-refractivity contribution < 1.29 is 13.7 Å². The van der Waals surface area contributed by atoms with Gasteiger partial charge in [0.05, 0.1) is 40.1 Å². The first-order valence-electron chi connectivity index (χ1n) is 11.0. The van der Waals surface area contributed by atoms with Crippen LogP contribution in [0.1, 0.15) is 48.5 Å². The van der Waals surface area contributed by atoms with E-state index in [0.717, 1.165) is 37.0 Å². The number of benzene rings is 2. The van der Waals surface area contributed by atoms with Gasteiger partial charge in [0.15, 0.2) is 0 Å². The number of nitriles is 1. The van der Waals surface area contributed by atoms with E-state index in [0.29, 0.717) is 58.2 Å². The Labute approximate surface area is 201 Å². The molecule has 0 spiro atoms. The van der Waals surface area contributed by atoms with Crippen LogP contribution in [0.4, 0.5) is 10.1 Å². The van der Waals surface area contributed by atoms with Gasteiger partial charge < -0.3 is 14.2 Å². The van der Waals surface area contributed by atoms with Gasteiger partial charge in [0.1, 0.15) is 17.3 Å². The van der Waals surface area contributed by atoms with E-state index in [1.165, 1.54) is 6.07 Å². The van der Waals surface area contributed by atoms with Crippen molar-refractivity contribution in [2.24, 2.45) is 0 Å². The van der Waals surface area contributed by atoms with E-state index in [1.807, 2.05) is 11.0 Å². The van der Waals surface area contributed by atoms with Crippen molar-refractivity contribution in [3.05, 3.63) is 69.1 Å². The van der Waals surface area contributed by atoms with Crippen LogP contribution in [0.3, 0.4) is 0 Å². The monoisotopic (exact) mass is 485 g/mol. The first-order valence-corrected chi connectivity index (χ1v) is 11.8. The number of halogens is 3. The predicted molar refractivity (Wildman–Crippen MR) is 125 cm³/mol. The lowest BCUT2D eigenvalue weighted by Crippen LogP contribution is -2.37. The van der Waals surface area contributed by atoms with Crippen molar-refractivity contribution in [2.75, 3.05) is 18.0 Å². The van der Waals surface area contributed by atoms with Crippen LogP contribution in [0.25, 0.3) is 11.3 Å². The number of piperidine rings is 1. The lowest BCUT2D eigenvalue weighted by molar-refractivity contribution is 0.0246. The van der Waals surface area contributed by atoms with Crippen LogP contribution in [0.2, 0.25) is 10.0 Å². The van der Waals surface area contributed by atoms with Gasteiger partial charge >= 0.3 is 0 Å². The van der Waals surface area contributed by atoms with Gasteiger partial charge in [-0.1, -0.05) is 34.4 Å². The molecule has 5 nitrogen and oxygen atoms in total. The number of rotatable bonds is 6. The van der Waals surface area contributed by atoms with E-state index >= 15 is 0 Å². The van der Waals surface area contributed by atoms with Gasteiger partial charge in [0.2, 0.25) is 0 Å². The molecule has 5 rings (SSSR count). The summed E-state index contributed by atoms with van der Waals surface area (Å²) in [4.78, 5) is 2.00. The highest BCUT2D eigenvalue weighted by Crippen LogP contribution is 2.46. The van der Waals surface area contributed by atoms with E-state index in [9.17, 15) is 4.39 Å². The molecule has 1 aromatic heterocycles. The van der Waals surface area contributed by atoms with E-state index in [4.69, 9.17) is 37.7 Å². The molecular weight excluding hydrogens is 464 g/mol. The molecule has 1 aliphatic carbocycles. The average molecular weight is 486 g/mol. The highest BCUT2D eigenvalue weighted by atomic mass is 35.5. The van der Waals surface area contributed by atoms with Crippen LogP contribution in [0.15, 0.2) is 40.9 Å². The summed E-state index contributed by atoms with van der Waals surface area (Å²) in [5.74, 6) is 0.860. The molecule has 2 heterocycles. The topological polar surface area (TPSA) is 62.3 Å². The summed E-state index contributed by atoms with van der Waals surface area (Å²) in [6.45, 7) is 1.72. The van der Waals surface area contributed by atoms with Crippen LogP contribution in [0, 0.1) is 17.1 Å². The van der Waals surface area contributed by atoms with E-state index in [1.54, 1.807) is 30.3 Å². The second-order valence-corrected chi connectivity index (χ2v) is 9.33. The molecule has 0 unspecified atom stereocenters. The van der Waals surface area contributed by atoms with Crippen molar-refractivity contribution in [3.63, 3.8) is 0 Å². The van der Waals surface area contributed by atoms with E-state index in [-0.39, 0.29) is 11.9 Å². The summed E-state index contributed by atoms with van der Waals surface area (Å²) in [6, 6.07) is 11.9. The first kappa shape index (κ1) is 22.2. The van der Waals surface area contributed by atoms with Crippen LogP contribution in [0.5, 0.6) is 0 Å². The predicted octanol–water partition coefficient (Wildman–Crippen LogP) is 6.72. The number of nitrogens with zero attached hydrogens (tertiary/aromatic N) is 3. The Hall–Kier alpha value is -2.59. The molecule has 0 bridgehead atoms. The molecule has 2 aliphatic rings. The summed E-state index contributed by atoms with van der Waals surface area (Å²) in [5.41, 5.74) is 3.07. The molecule has 0 N–H and O–H groups in total. The van der Waals surface area contributed by atoms with Gasteiger partial charge in [0.25, 0.3) is 0 Å². The van der Waals surface area contributed by atoms with Crippen molar-refractivity contribution in [1.82, 2.24) is 5.16 Å². The lowest BCUT2D eigenvalue weighted by atomic mass is 10.0. The lowest BCUT2D eigenvalue weighted by Gasteiger charge is -2.33. The van der Waals surface area contributed by atoms with Gasteiger partial charge in [-0.2, -0.15) is 5.26 Å². The zero-order valence-corrected chi connectivity index (χ0v) is 19.4. The molecule has 0 atom stereocenters. The van der Waals surface area contributed by atoms with E-state index < -0.39 is 0 Å². The molecule has 3 aromatic rings. The summed E-state index contributed by atoms with van der Waals surface area (Å²) < 4.78 is 26.4. The Morgan fingerprint density at radius 3 is 2.48 bits per heavy atom. The number of hydrogen-bond donors (Lipinski definition) is 0. The van der Waals surface area contributed by atoms with Gasteiger partial charge in [-0.15, -0.1) is 0 Å². The molecule has 0 radical (unpaired) electrons. The summed E-state index contributed by atoms with van der Waals surface area (Å²) in [6.07, 6.45) is 3.73. The number of hydrogen-bond acceptors (Lipinski definition) is 5. The van der Waals surface area contributed by atoms with E-state index in [2.05, 4.69) is 5.16 Å². The maximum atomic E-state index is 14.4. The van der Waals surface area contributed by atoms with Gasteiger partial charge in [0, 0.05) is 30.1 Å². The number of anilines is 1. The normalized spacial score (nSPS) is 16.7. The fourth-order valence-corrected chi connectivity index (χ4v) is 4.92. The SMILES string of the molecule is N#Cc1ccc(N2CCC(OCc3c(-c4c(Cl)cccc4Cl)noc3C3CC3)CC2)c(F)c1. The minimum atomic E-state index is -0.367. The fraction of sp³-hybridized carbons (Fsp3) is 0.360.